The third kappa shape index (κ3) is 5.28. The zero-order chi connectivity index (χ0) is 6.24. The summed E-state index contributed by atoms with van der Waals surface area (Å²) in [5, 5.41) is 0. The third-order valence-electron chi connectivity index (χ3n) is 0.872. The van der Waals surface area contributed by atoms with Gasteiger partial charge in [0.05, 0.1) is 0 Å². The monoisotopic (exact) mass is 111 g/mol. The molecule has 0 aromatic rings. The quantitative estimate of drug-likeness (QED) is 0.436. The maximum atomic E-state index is 5.11. The SMILES string of the molecule is C/C=C\CC/C=C\N. The topological polar surface area (TPSA) is 26.0 Å². The average Bonchev–Trinajstić information content (AvgIpc) is 1.81. The number of hydrogen-bond donors (Lipinski definition) is 1. The van der Waals surface area contributed by atoms with Gasteiger partial charge in [0.15, 0.2) is 0 Å². The van der Waals surface area contributed by atoms with E-state index in [4.69, 9.17) is 5.73 Å². The zero-order valence-corrected chi connectivity index (χ0v) is 5.30. The molecule has 0 saturated heterocycles. The Labute approximate surface area is 50.9 Å². The van der Waals surface area contributed by atoms with Crippen LogP contribution in [0.25, 0.3) is 0 Å². The number of rotatable bonds is 3. The molecule has 0 saturated carbocycles. The van der Waals surface area contributed by atoms with Gasteiger partial charge in [0.2, 0.25) is 0 Å². The Morgan fingerprint density at radius 2 is 1.88 bits per heavy atom. The van der Waals surface area contributed by atoms with Crippen LogP contribution >= 0.6 is 0 Å². The van der Waals surface area contributed by atoms with E-state index in [-0.39, 0.29) is 0 Å². The zero-order valence-electron chi connectivity index (χ0n) is 5.30. The van der Waals surface area contributed by atoms with Crippen LogP contribution in [0.3, 0.4) is 0 Å². The predicted molar refractivity (Wildman–Crippen MR) is 37.4 cm³/mol. The van der Waals surface area contributed by atoms with Crippen LogP contribution in [0.15, 0.2) is 24.4 Å². The first-order valence-electron chi connectivity index (χ1n) is 2.89. The summed E-state index contributed by atoms with van der Waals surface area (Å²) in [4.78, 5) is 0. The highest BCUT2D eigenvalue weighted by atomic mass is 14.5. The highest BCUT2D eigenvalue weighted by molar-refractivity contribution is 4.83. The molecular formula is C7H13N. The summed E-state index contributed by atoms with van der Waals surface area (Å²) in [5.41, 5.74) is 5.11. The van der Waals surface area contributed by atoms with Gasteiger partial charge in [-0.1, -0.05) is 18.2 Å². The van der Waals surface area contributed by atoms with Crippen LogP contribution in [0.5, 0.6) is 0 Å². The summed E-state index contributed by atoms with van der Waals surface area (Å²) in [5.74, 6) is 0. The van der Waals surface area contributed by atoms with Gasteiger partial charge in [-0.15, -0.1) is 0 Å². The predicted octanol–water partition coefficient (Wildman–Crippen LogP) is 1.82. The molecule has 0 spiro atoms. The largest absolute Gasteiger partial charge is 0.405 e. The Balaban J connectivity index is 2.93. The second-order valence-corrected chi connectivity index (χ2v) is 1.57. The summed E-state index contributed by atoms with van der Waals surface area (Å²) < 4.78 is 0. The molecule has 0 atom stereocenters. The lowest BCUT2D eigenvalue weighted by molar-refractivity contribution is 1.04. The molecule has 0 rings (SSSR count). The van der Waals surface area contributed by atoms with Crippen molar-refractivity contribution in [2.45, 2.75) is 19.8 Å². The maximum absolute atomic E-state index is 5.11. The molecule has 0 aromatic heterocycles. The Kier molecular flexibility index (Phi) is 5.71. The van der Waals surface area contributed by atoms with Crippen LogP contribution in [0, 0.1) is 0 Å². The van der Waals surface area contributed by atoms with E-state index in [0.717, 1.165) is 12.8 Å². The standard InChI is InChI=1S/C7H13N/c1-2-3-4-5-6-7-8/h2-3,6-7H,4-5,8H2,1H3/b3-2-,7-6-. The molecule has 46 valence electrons. The first-order chi connectivity index (χ1) is 3.91. The van der Waals surface area contributed by atoms with Crippen LogP contribution in [-0.2, 0) is 0 Å². The summed E-state index contributed by atoms with van der Waals surface area (Å²) in [6, 6.07) is 0. The Hall–Kier alpha value is -0.720. The van der Waals surface area contributed by atoms with E-state index in [1.54, 1.807) is 6.20 Å². The normalized spacial score (nSPS) is 11.6. The summed E-state index contributed by atoms with van der Waals surface area (Å²) in [7, 11) is 0. The van der Waals surface area contributed by atoms with Crippen molar-refractivity contribution in [3.05, 3.63) is 24.4 Å². The molecule has 0 heterocycles. The lowest BCUT2D eigenvalue weighted by Gasteiger charge is -1.81. The highest BCUT2D eigenvalue weighted by Gasteiger charge is 1.70. The molecule has 1 nitrogen and oxygen atoms in total. The van der Waals surface area contributed by atoms with Crippen molar-refractivity contribution in [3.63, 3.8) is 0 Å². The van der Waals surface area contributed by atoms with Crippen LogP contribution < -0.4 is 5.73 Å². The van der Waals surface area contributed by atoms with Gasteiger partial charge in [0.1, 0.15) is 0 Å². The van der Waals surface area contributed by atoms with Crippen LogP contribution in [-0.4, -0.2) is 0 Å². The summed E-state index contributed by atoms with van der Waals surface area (Å²) >= 11 is 0. The molecule has 0 fully saturated rings. The molecule has 0 amide bonds. The van der Waals surface area contributed by atoms with Crippen LogP contribution in [0.1, 0.15) is 19.8 Å². The molecule has 0 aromatic carbocycles. The molecule has 0 aliphatic carbocycles. The third-order valence-corrected chi connectivity index (χ3v) is 0.872. The molecular weight excluding hydrogens is 98.1 g/mol. The van der Waals surface area contributed by atoms with Gasteiger partial charge in [-0.2, -0.15) is 0 Å². The lowest BCUT2D eigenvalue weighted by atomic mass is 10.3. The van der Waals surface area contributed by atoms with E-state index in [0.29, 0.717) is 0 Å². The summed E-state index contributed by atoms with van der Waals surface area (Å²) in [6.07, 6.45) is 9.87. The van der Waals surface area contributed by atoms with E-state index in [1.807, 2.05) is 19.1 Å². The summed E-state index contributed by atoms with van der Waals surface area (Å²) in [6.45, 7) is 2.02. The van der Waals surface area contributed by atoms with E-state index in [9.17, 15) is 0 Å². The molecule has 0 bridgehead atoms. The molecule has 0 radical (unpaired) electrons. The first-order valence-corrected chi connectivity index (χ1v) is 2.89. The van der Waals surface area contributed by atoms with E-state index < -0.39 is 0 Å². The van der Waals surface area contributed by atoms with Gasteiger partial charge in [-0.05, 0) is 26.0 Å². The molecule has 1 heteroatoms. The van der Waals surface area contributed by atoms with E-state index in [2.05, 4.69) is 6.08 Å². The van der Waals surface area contributed by atoms with Crippen molar-refractivity contribution in [1.82, 2.24) is 0 Å². The Morgan fingerprint density at radius 3 is 2.38 bits per heavy atom. The van der Waals surface area contributed by atoms with Gasteiger partial charge in [0, 0.05) is 0 Å². The maximum Gasteiger partial charge on any atom is -0.0103 e. The average molecular weight is 111 g/mol. The van der Waals surface area contributed by atoms with E-state index in [1.165, 1.54) is 0 Å². The van der Waals surface area contributed by atoms with Crippen LogP contribution in [0.4, 0.5) is 0 Å². The van der Waals surface area contributed by atoms with Crippen molar-refractivity contribution >= 4 is 0 Å². The second kappa shape index (κ2) is 6.28. The Bertz CT molecular complexity index is 70.4. The van der Waals surface area contributed by atoms with Crippen molar-refractivity contribution in [3.8, 4) is 0 Å². The molecule has 0 aliphatic rings. The molecule has 0 unspecified atom stereocenters. The fraction of sp³-hybridized carbons (Fsp3) is 0.429. The van der Waals surface area contributed by atoms with E-state index >= 15 is 0 Å². The minimum atomic E-state index is 1.06. The second-order valence-electron chi connectivity index (χ2n) is 1.57. The highest BCUT2D eigenvalue weighted by Crippen LogP contribution is 1.89. The van der Waals surface area contributed by atoms with Crippen molar-refractivity contribution in [2.24, 2.45) is 5.73 Å². The van der Waals surface area contributed by atoms with Gasteiger partial charge in [0.25, 0.3) is 0 Å². The fourth-order valence-corrected chi connectivity index (χ4v) is 0.455. The number of allylic oxidation sites excluding steroid dienone is 3. The van der Waals surface area contributed by atoms with Crippen molar-refractivity contribution in [2.75, 3.05) is 0 Å². The molecule has 0 aliphatic heterocycles. The van der Waals surface area contributed by atoms with Gasteiger partial charge in [-0.3, -0.25) is 0 Å². The molecule has 2 N–H and O–H groups in total. The molecule has 8 heavy (non-hydrogen) atoms. The van der Waals surface area contributed by atoms with Gasteiger partial charge >= 0.3 is 0 Å². The fourth-order valence-electron chi connectivity index (χ4n) is 0.455. The van der Waals surface area contributed by atoms with Crippen molar-refractivity contribution in [1.29, 1.82) is 0 Å². The smallest absolute Gasteiger partial charge is 0.0103 e. The minimum absolute atomic E-state index is 1.06. The lowest BCUT2D eigenvalue weighted by Crippen LogP contribution is -1.74. The van der Waals surface area contributed by atoms with Gasteiger partial charge < -0.3 is 5.73 Å². The number of unbranched alkanes of at least 4 members (excludes halogenated alkanes) is 1. The van der Waals surface area contributed by atoms with Gasteiger partial charge in [-0.25, -0.2) is 0 Å². The Morgan fingerprint density at radius 1 is 1.25 bits per heavy atom. The minimum Gasteiger partial charge on any atom is -0.405 e. The van der Waals surface area contributed by atoms with Crippen LogP contribution in [0.2, 0.25) is 0 Å². The first kappa shape index (κ1) is 7.28. The van der Waals surface area contributed by atoms with Crippen molar-refractivity contribution < 1.29 is 0 Å². The number of nitrogens with two attached hydrogens (primary N) is 1. The number of hydrogen-bond acceptors (Lipinski definition) is 1.